The molecule has 2 aromatic rings. The fourth-order valence-corrected chi connectivity index (χ4v) is 3.49. The third kappa shape index (κ3) is 5.59. The lowest BCUT2D eigenvalue weighted by molar-refractivity contribution is -0.123. The fourth-order valence-electron chi connectivity index (χ4n) is 3.49. The topological polar surface area (TPSA) is 91.3 Å². The highest BCUT2D eigenvalue weighted by atomic mass is 16.5. The van der Waals surface area contributed by atoms with Crippen molar-refractivity contribution in [2.45, 2.75) is 19.9 Å². The highest BCUT2D eigenvalue weighted by Crippen LogP contribution is 2.30. The number of benzene rings is 2. The molecule has 0 atom stereocenters. The van der Waals surface area contributed by atoms with E-state index in [2.05, 4.69) is 10.2 Å². The number of phenols is 1. The van der Waals surface area contributed by atoms with E-state index in [1.165, 1.54) is 7.11 Å². The Kier molecular flexibility index (Phi) is 7.23. The Morgan fingerprint density at radius 3 is 2.42 bits per heavy atom. The summed E-state index contributed by atoms with van der Waals surface area (Å²) in [6.45, 7) is 5.98. The number of hydrogen-bond acceptors (Lipinski definition) is 6. The maximum atomic E-state index is 13.0. The molecule has 8 nitrogen and oxygen atoms in total. The van der Waals surface area contributed by atoms with Crippen LogP contribution in [0.3, 0.4) is 0 Å². The molecule has 2 aromatic carbocycles. The number of aromatic hydroxyl groups is 1. The van der Waals surface area contributed by atoms with E-state index in [0.29, 0.717) is 43.2 Å². The Balaban J connectivity index is 1.62. The van der Waals surface area contributed by atoms with Crippen LogP contribution in [0.5, 0.6) is 17.2 Å². The summed E-state index contributed by atoms with van der Waals surface area (Å²) in [5.41, 5.74) is 1.27. The van der Waals surface area contributed by atoms with Crippen LogP contribution in [0.4, 0.5) is 5.69 Å². The Labute approximate surface area is 182 Å². The van der Waals surface area contributed by atoms with Crippen molar-refractivity contribution in [1.29, 1.82) is 0 Å². The van der Waals surface area contributed by atoms with Gasteiger partial charge in [-0.25, -0.2) is 0 Å². The van der Waals surface area contributed by atoms with Gasteiger partial charge in [0.25, 0.3) is 11.8 Å². The van der Waals surface area contributed by atoms with Crippen LogP contribution in [-0.4, -0.2) is 67.8 Å². The number of carbonyl (C=O) groups is 2. The van der Waals surface area contributed by atoms with Crippen LogP contribution >= 0.6 is 0 Å². The van der Waals surface area contributed by atoms with Gasteiger partial charge < -0.3 is 29.7 Å². The second-order valence-electron chi connectivity index (χ2n) is 7.64. The molecular weight excluding hydrogens is 398 g/mol. The van der Waals surface area contributed by atoms with Gasteiger partial charge in [-0.3, -0.25) is 9.59 Å². The third-order valence-corrected chi connectivity index (χ3v) is 5.01. The molecule has 2 amide bonds. The number of phenolic OH excluding ortho intramolecular Hbond substituents is 1. The van der Waals surface area contributed by atoms with Crippen molar-refractivity contribution < 1.29 is 24.2 Å². The normalized spacial score (nSPS) is 13.8. The summed E-state index contributed by atoms with van der Waals surface area (Å²) in [4.78, 5) is 28.6. The van der Waals surface area contributed by atoms with Crippen molar-refractivity contribution in [3.63, 3.8) is 0 Å². The molecule has 166 valence electrons. The lowest BCUT2D eigenvalue weighted by atomic mass is 10.1. The summed E-state index contributed by atoms with van der Waals surface area (Å²) in [6.07, 6.45) is 0. The first-order chi connectivity index (χ1) is 14.9. The first-order valence-corrected chi connectivity index (χ1v) is 10.3. The number of methoxy groups -OCH3 is 1. The summed E-state index contributed by atoms with van der Waals surface area (Å²) >= 11 is 0. The van der Waals surface area contributed by atoms with Crippen LogP contribution in [0, 0.1) is 0 Å². The minimum absolute atomic E-state index is 0.0318. The van der Waals surface area contributed by atoms with Gasteiger partial charge in [-0.1, -0.05) is 12.1 Å². The molecule has 1 fully saturated rings. The number of ether oxygens (including phenoxy) is 2. The fraction of sp³-hybridized carbons (Fsp3) is 0.391. The lowest BCUT2D eigenvalue weighted by Gasteiger charge is -2.36. The van der Waals surface area contributed by atoms with Gasteiger partial charge >= 0.3 is 0 Å². The first-order valence-electron chi connectivity index (χ1n) is 10.3. The Morgan fingerprint density at radius 1 is 1.06 bits per heavy atom. The van der Waals surface area contributed by atoms with Crippen molar-refractivity contribution in [3.8, 4) is 17.2 Å². The monoisotopic (exact) mass is 427 g/mol. The maximum absolute atomic E-state index is 13.0. The molecule has 0 radical (unpaired) electrons. The molecule has 3 rings (SSSR count). The summed E-state index contributed by atoms with van der Waals surface area (Å²) < 4.78 is 10.9. The molecule has 0 saturated carbocycles. The van der Waals surface area contributed by atoms with E-state index < -0.39 is 0 Å². The van der Waals surface area contributed by atoms with Crippen LogP contribution in [0.2, 0.25) is 0 Å². The van der Waals surface area contributed by atoms with Gasteiger partial charge in [-0.05, 0) is 44.2 Å². The smallest absolute Gasteiger partial charge is 0.258 e. The van der Waals surface area contributed by atoms with Crippen molar-refractivity contribution in [2.24, 2.45) is 0 Å². The van der Waals surface area contributed by atoms with Gasteiger partial charge in [0.05, 0.1) is 12.8 Å². The average molecular weight is 428 g/mol. The zero-order valence-corrected chi connectivity index (χ0v) is 18.1. The molecule has 1 heterocycles. The number of carbonyl (C=O) groups excluding carboxylic acids is 2. The van der Waals surface area contributed by atoms with Crippen molar-refractivity contribution in [2.75, 3.05) is 44.8 Å². The lowest BCUT2D eigenvalue weighted by Crippen LogP contribution is -2.48. The Morgan fingerprint density at radius 2 is 1.77 bits per heavy atom. The van der Waals surface area contributed by atoms with E-state index in [-0.39, 0.29) is 30.2 Å². The van der Waals surface area contributed by atoms with E-state index in [9.17, 15) is 14.7 Å². The molecule has 31 heavy (non-hydrogen) atoms. The Hall–Kier alpha value is -3.42. The molecule has 8 heteroatoms. The summed E-state index contributed by atoms with van der Waals surface area (Å²) in [6, 6.07) is 12.2. The molecule has 0 bridgehead atoms. The van der Waals surface area contributed by atoms with Gasteiger partial charge in [0.2, 0.25) is 0 Å². The molecule has 2 N–H and O–H groups in total. The van der Waals surface area contributed by atoms with Gasteiger partial charge in [-0.15, -0.1) is 0 Å². The standard InChI is InChI=1S/C23H29N3O5/c1-16(2)24-22(28)15-31-20-9-8-17(14-21(20)30-3)23(29)26-12-10-25(11-13-26)18-6-4-5-7-19(18)27/h4-9,14,16,27H,10-13,15H2,1-3H3,(H,24,28). The second kappa shape index (κ2) is 10.1. The third-order valence-electron chi connectivity index (χ3n) is 5.01. The highest BCUT2D eigenvalue weighted by Gasteiger charge is 2.24. The van der Waals surface area contributed by atoms with Crippen LogP contribution in [0.15, 0.2) is 42.5 Å². The van der Waals surface area contributed by atoms with E-state index in [0.717, 1.165) is 5.69 Å². The predicted molar refractivity (Wildman–Crippen MR) is 118 cm³/mol. The van der Waals surface area contributed by atoms with Gasteiger partial charge in [-0.2, -0.15) is 0 Å². The van der Waals surface area contributed by atoms with Crippen LogP contribution in [0.25, 0.3) is 0 Å². The summed E-state index contributed by atoms with van der Waals surface area (Å²) in [5.74, 6) is 0.724. The van der Waals surface area contributed by atoms with Crippen molar-refractivity contribution in [1.82, 2.24) is 10.2 Å². The quantitative estimate of drug-likeness (QED) is 0.704. The number of nitrogens with one attached hydrogen (secondary N) is 1. The van der Waals surface area contributed by atoms with Crippen LogP contribution < -0.4 is 19.7 Å². The predicted octanol–water partition coefficient (Wildman–Crippen LogP) is 2.27. The Bertz CT molecular complexity index is 923. The minimum atomic E-state index is -0.223. The molecule has 0 aliphatic carbocycles. The zero-order valence-electron chi connectivity index (χ0n) is 18.1. The van der Waals surface area contributed by atoms with Gasteiger partial charge in [0, 0.05) is 37.8 Å². The van der Waals surface area contributed by atoms with E-state index in [4.69, 9.17) is 9.47 Å². The number of rotatable bonds is 7. The van der Waals surface area contributed by atoms with E-state index in [1.54, 1.807) is 35.2 Å². The van der Waals surface area contributed by atoms with Gasteiger partial charge in [0.1, 0.15) is 5.75 Å². The molecule has 1 aliphatic rings. The maximum Gasteiger partial charge on any atom is 0.258 e. The number of anilines is 1. The molecule has 1 saturated heterocycles. The first kappa shape index (κ1) is 22.3. The van der Waals surface area contributed by atoms with E-state index >= 15 is 0 Å². The van der Waals surface area contributed by atoms with Crippen LogP contribution in [-0.2, 0) is 4.79 Å². The van der Waals surface area contributed by atoms with E-state index in [1.807, 2.05) is 26.0 Å². The van der Waals surface area contributed by atoms with Crippen molar-refractivity contribution >= 4 is 17.5 Å². The number of amides is 2. The van der Waals surface area contributed by atoms with Crippen LogP contribution in [0.1, 0.15) is 24.2 Å². The number of nitrogens with zero attached hydrogens (tertiary/aromatic N) is 2. The summed E-state index contributed by atoms with van der Waals surface area (Å²) in [5, 5.41) is 12.8. The highest BCUT2D eigenvalue weighted by molar-refractivity contribution is 5.95. The molecular formula is C23H29N3O5. The molecule has 0 aromatic heterocycles. The van der Waals surface area contributed by atoms with Crippen molar-refractivity contribution in [3.05, 3.63) is 48.0 Å². The SMILES string of the molecule is COc1cc(C(=O)N2CCN(c3ccccc3O)CC2)ccc1OCC(=O)NC(C)C. The summed E-state index contributed by atoms with van der Waals surface area (Å²) in [7, 11) is 1.50. The van der Waals surface area contributed by atoms with Gasteiger partial charge in [0.15, 0.2) is 18.1 Å². The average Bonchev–Trinajstić information content (AvgIpc) is 2.77. The molecule has 0 unspecified atom stereocenters. The number of para-hydroxylation sites is 2. The number of piperazine rings is 1. The largest absolute Gasteiger partial charge is 0.506 e. The molecule has 0 spiro atoms. The minimum Gasteiger partial charge on any atom is -0.506 e. The molecule has 1 aliphatic heterocycles. The second-order valence-corrected chi connectivity index (χ2v) is 7.64. The number of hydrogen-bond donors (Lipinski definition) is 2. The zero-order chi connectivity index (χ0) is 22.4.